The minimum Gasteiger partial charge on any atom is -0.322 e. The summed E-state index contributed by atoms with van der Waals surface area (Å²) in [4.78, 5) is 26.3. The number of fused-ring (bicyclic) bond motifs is 1. The average Bonchev–Trinajstić information content (AvgIpc) is 3.18. The molecule has 0 aliphatic carbocycles. The Bertz CT molecular complexity index is 1110. The number of rotatable bonds is 5. The average molecular weight is 383 g/mol. The summed E-state index contributed by atoms with van der Waals surface area (Å²) in [6.07, 6.45) is 3.78. The highest BCUT2D eigenvalue weighted by atomic mass is 32.2. The van der Waals surface area contributed by atoms with Crippen molar-refractivity contribution >= 4 is 33.3 Å². The van der Waals surface area contributed by atoms with E-state index in [1.54, 1.807) is 29.3 Å². The lowest BCUT2D eigenvalue weighted by Crippen LogP contribution is -2.11. The van der Waals surface area contributed by atoms with Crippen LogP contribution in [0, 0.1) is 13.8 Å². The van der Waals surface area contributed by atoms with Crippen molar-refractivity contribution in [3.05, 3.63) is 74.9 Å². The molecule has 0 spiro atoms. The molecular formula is C19H18N4OS2. The van der Waals surface area contributed by atoms with Gasteiger partial charge in [0.15, 0.2) is 5.16 Å². The summed E-state index contributed by atoms with van der Waals surface area (Å²) >= 11 is 3.15. The molecule has 4 aromatic rings. The second-order valence-corrected chi connectivity index (χ2v) is 8.23. The number of benzene rings is 1. The fraction of sp³-hybridized carbons (Fsp3) is 0.211. The molecule has 0 aliphatic heterocycles. The van der Waals surface area contributed by atoms with Gasteiger partial charge in [-0.3, -0.25) is 4.79 Å². The standard InChI is InChI=1S/C19H18N4OS2/c1-12-13(2)26-18-16(12)17(24)21-15(22-18)11-25-19-20-8-9-23(19)10-14-6-4-3-5-7-14/h3-9H,10-11H2,1-2H3,(H,21,22,24). The summed E-state index contributed by atoms with van der Waals surface area (Å²) in [7, 11) is 0. The number of hydrogen-bond donors (Lipinski definition) is 1. The van der Waals surface area contributed by atoms with Gasteiger partial charge in [-0.25, -0.2) is 9.97 Å². The molecule has 26 heavy (non-hydrogen) atoms. The molecular weight excluding hydrogens is 364 g/mol. The number of nitrogens with one attached hydrogen (secondary N) is 1. The number of aryl methyl sites for hydroxylation is 2. The van der Waals surface area contributed by atoms with E-state index in [1.807, 2.05) is 38.2 Å². The molecule has 0 saturated heterocycles. The molecule has 1 aromatic carbocycles. The fourth-order valence-electron chi connectivity index (χ4n) is 2.84. The molecule has 1 N–H and O–H groups in total. The molecule has 132 valence electrons. The molecule has 0 radical (unpaired) electrons. The van der Waals surface area contributed by atoms with Crippen LogP contribution in [0.25, 0.3) is 10.2 Å². The quantitative estimate of drug-likeness (QED) is 0.527. The predicted octanol–water partition coefficient (Wildman–Crippen LogP) is 4.14. The Hall–Kier alpha value is -2.38. The molecule has 0 saturated carbocycles. The van der Waals surface area contributed by atoms with E-state index < -0.39 is 0 Å². The van der Waals surface area contributed by atoms with Crippen LogP contribution in [0.3, 0.4) is 0 Å². The molecule has 5 nitrogen and oxygen atoms in total. The van der Waals surface area contributed by atoms with Crippen molar-refractivity contribution in [2.45, 2.75) is 31.3 Å². The van der Waals surface area contributed by atoms with E-state index in [4.69, 9.17) is 0 Å². The topological polar surface area (TPSA) is 63.6 Å². The van der Waals surface area contributed by atoms with Crippen LogP contribution in [0.4, 0.5) is 0 Å². The Morgan fingerprint density at radius 2 is 2.04 bits per heavy atom. The third-order valence-electron chi connectivity index (χ3n) is 4.30. The lowest BCUT2D eigenvalue weighted by molar-refractivity contribution is 0.708. The van der Waals surface area contributed by atoms with Gasteiger partial charge in [-0.2, -0.15) is 0 Å². The zero-order valence-corrected chi connectivity index (χ0v) is 16.2. The molecule has 3 heterocycles. The highest BCUT2D eigenvalue weighted by molar-refractivity contribution is 7.98. The Labute approximate surface area is 159 Å². The van der Waals surface area contributed by atoms with Crippen molar-refractivity contribution in [2.24, 2.45) is 0 Å². The normalized spacial score (nSPS) is 11.3. The van der Waals surface area contributed by atoms with E-state index >= 15 is 0 Å². The van der Waals surface area contributed by atoms with Crippen LogP contribution in [0.2, 0.25) is 0 Å². The number of aromatic amines is 1. The van der Waals surface area contributed by atoms with Crippen molar-refractivity contribution in [3.63, 3.8) is 0 Å². The van der Waals surface area contributed by atoms with Gasteiger partial charge in [0.1, 0.15) is 10.7 Å². The molecule has 4 rings (SSSR count). The summed E-state index contributed by atoms with van der Waals surface area (Å²) in [5, 5.41) is 1.63. The maximum absolute atomic E-state index is 12.4. The largest absolute Gasteiger partial charge is 0.322 e. The first-order valence-corrected chi connectivity index (χ1v) is 10.1. The summed E-state index contributed by atoms with van der Waals surface area (Å²) in [6.45, 7) is 4.77. The molecule has 7 heteroatoms. The van der Waals surface area contributed by atoms with Crippen molar-refractivity contribution in [1.82, 2.24) is 19.5 Å². The van der Waals surface area contributed by atoms with Gasteiger partial charge in [0.05, 0.1) is 11.1 Å². The SMILES string of the molecule is Cc1sc2nc(CSc3nccn3Cc3ccccc3)[nH]c(=O)c2c1C. The van der Waals surface area contributed by atoms with Crippen molar-refractivity contribution < 1.29 is 0 Å². The number of thiophene rings is 1. The summed E-state index contributed by atoms with van der Waals surface area (Å²) in [5.41, 5.74) is 2.20. The lowest BCUT2D eigenvalue weighted by atomic mass is 10.2. The number of hydrogen-bond acceptors (Lipinski definition) is 5. The third-order valence-corrected chi connectivity index (χ3v) is 6.42. The monoisotopic (exact) mass is 382 g/mol. The Kier molecular flexibility index (Phi) is 4.65. The third kappa shape index (κ3) is 3.32. The van der Waals surface area contributed by atoms with Gasteiger partial charge < -0.3 is 9.55 Å². The first-order valence-electron chi connectivity index (χ1n) is 8.28. The van der Waals surface area contributed by atoms with Crippen LogP contribution in [-0.2, 0) is 12.3 Å². The van der Waals surface area contributed by atoms with E-state index in [0.29, 0.717) is 17.0 Å². The highest BCUT2D eigenvalue weighted by Gasteiger charge is 2.13. The molecule has 0 bridgehead atoms. The second kappa shape index (κ2) is 7.09. The van der Waals surface area contributed by atoms with Gasteiger partial charge in [0, 0.05) is 23.8 Å². The van der Waals surface area contributed by atoms with Crippen LogP contribution in [0.15, 0.2) is 52.7 Å². The second-order valence-electron chi connectivity index (χ2n) is 6.09. The van der Waals surface area contributed by atoms with Gasteiger partial charge in [-0.05, 0) is 25.0 Å². The number of aromatic nitrogens is 4. The summed E-state index contributed by atoms with van der Waals surface area (Å²) in [6, 6.07) is 10.3. The molecule has 0 aliphatic rings. The van der Waals surface area contributed by atoms with Gasteiger partial charge in [-0.15, -0.1) is 11.3 Å². The molecule has 0 unspecified atom stereocenters. The first kappa shape index (κ1) is 17.1. The predicted molar refractivity (Wildman–Crippen MR) is 107 cm³/mol. The highest BCUT2D eigenvalue weighted by Crippen LogP contribution is 2.27. The van der Waals surface area contributed by atoms with Gasteiger partial charge in [0.2, 0.25) is 0 Å². The van der Waals surface area contributed by atoms with E-state index in [0.717, 1.165) is 27.0 Å². The summed E-state index contributed by atoms with van der Waals surface area (Å²) < 4.78 is 2.11. The summed E-state index contributed by atoms with van der Waals surface area (Å²) in [5.74, 6) is 1.26. The van der Waals surface area contributed by atoms with Crippen LogP contribution in [-0.4, -0.2) is 19.5 Å². The van der Waals surface area contributed by atoms with Crippen LogP contribution >= 0.6 is 23.1 Å². The van der Waals surface area contributed by atoms with Gasteiger partial charge in [0.25, 0.3) is 5.56 Å². The van der Waals surface area contributed by atoms with Crippen molar-refractivity contribution in [2.75, 3.05) is 0 Å². The van der Waals surface area contributed by atoms with E-state index in [1.165, 1.54) is 5.56 Å². The van der Waals surface area contributed by atoms with E-state index in [9.17, 15) is 4.79 Å². The van der Waals surface area contributed by atoms with E-state index in [2.05, 4.69) is 31.7 Å². The Morgan fingerprint density at radius 3 is 2.85 bits per heavy atom. The molecule has 3 aromatic heterocycles. The fourth-order valence-corrected chi connectivity index (χ4v) is 4.71. The van der Waals surface area contributed by atoms with Gasteiger partial charge >= 0.3 is 0 Å². The van der Waals surface area contributed by atoms with Crippen molar-refractivity contribution in [3.8, 4) is 0 Å². The van der Waals surface area contributed by atoms with Gasteiger partial charge in [-0.1, -0.05) is 42.1 Å². The minimum atomic E-state index is -0.0555. The van der Waals surface area contributed by atoms with Crippen LogP contribution in [0.1, 0.15) is 21.8 Å². The maximum Gasteiger partial charge on any atom is 0.259 e. The minimum absolute atomic E-state index is 0.0555. The molecule has 0 atom stereocenters. The number of H-pyrrole nitrogens is 1. The van der Waals surface area contributed by atoms with Crippen LogP contribution < -0.4 is 5.56 Å². The lowest BCUT2D eigenvalue weighted by Gasteiger charge is -2.07. The van der Waals surface area contributed by atoms with E-state index in [-0.39, 0.29) is 5.56 Å². The number of imidazole rings is 1. The zero-order valence-electron chi connectivity index (χ0n) is 14.5. The Morgan fingerprint density at radius 1 is 1.23 bits per heavy atom. The Balaban J connectivity index is 1.54. The number of nitrogens with zero attached hydrogens (tertiary/aromatic N) is 3. The first-order chi connectivity index (χ1) is 12.6. The van der Waals surface area contributed by atoms with Crippen LogP contribution in [0.5, 0.6) is 0 Å². The zero-order chi connectivity index (χ0) is 18.1. The smallest absolute Gasteiger partial charge is 0.259 e. The molecule has 0 fully saturated rings. The maximum atomic E-state index is 12.4. The van der Waals surface area contributed by atoms with Crippen molar-refractivity contribution in [1.29, 1.82) is 0 Å². The molecule has 0 amide bonds. The number of thioether (sulfide) groups is 1.